The summed E-state index contributed by atoms with van der Waals surface area (Å²) in [6.07, 6.45) is 4.80. The average Bonchev–Trinajstić information content (AvgIpc) is 2.85. The molecule has 3 saturated heterocycles. The molecule has 18 heavy (non-hydrogen) atoms. The third-order valence-electron chi connectivity index (χ3n) is 4.98. The topological polar surface area (TPSA) is 35.6 Å². The lowest BCUT2D eigenvalue weighted by Crippen LogP contribution is -2.56. The van der Waals surface area contributed by atoms with Gasteiger partial charge in [-0.2, -0.15) is 0 Å². The molecular weight excluding hydrogens is 226 g/mol. The van der Waals surface area contributed by atoms with E-state index in [-0.39, 0.29) is 5.92 Å². The largest absolute Gasteiger partial charge is 0.340 e. The van der Waals surface area contributed by atoms with Crippen molar-refractivity contribution in [2.24, 2.45) is 5.92 Å². The lowest BCUT2D eigenvalue weighted by Gasteiger charge is -2.40. The van der Waals surface area contributed by atoms with Crippen LogP contribution in [0.25, 0.3) is 0 Å². The van der Waals surface area contributed by atoms with Gasteiger partial charge in [-0.05, 0) is 45.7 Å². The van der Waals surface area contributed by atoms with E-state index in [0.717, 1.165) is 39.0 Å². The number of piperidine rings is 1. The number of hydrogen-bond acceptors (Lipinski definition) is 3. The lowest BCUT2D eigenvalue weighted by molar-refractivity contribution is -0.139. The molecule has 0 aliphatic carbocycles. The van der Waals surface area contributed by atoms with Gasteiger partial charge < -0.3 is 10.2 Å². The number of carbonyl (C=O) groups is 1. The van der Waals surface area contributed by atoms with Crippen LogP contribution in [0.3, 0.4) is 0 Å². The van der Waals surface area contributed by atoms with Crippen LogP contribution in [0.4, 0.5) is 0 Å². The average molecular weight is 251 g/mol. The Kier molecular flexibility index (Phi) is 3.57. The zero-order chi connectivity index (χ0) is 12.5. The second-order valence-electron chi connectivity index (χ2n) is 6.11. The van der Waals surface area contributed by atoms with Crippen molar-refractivity contribution in [3.63, 3.8) is 0 Å². The molecule has 3 aliphatic heterocycles. The normalized spacial score (nSPS) is 37.6. The van der Waals surface area contributed by atoms with Gasteiger partial charge in [0.05, 0.1) is 5.92 Å². The van der Waals surface area contributed by atoms with Crippen molar-refractivity contribution in [1.29, 1.82) is 0 Å². The van der Waals surface area contributed by atoms with Crippen LogP contribution in [-0.4, -0.2) is 60.5 Å². The third kappa shape index (κ3) is 2.28. The number of nitrogens with zero attached hydrogens (tertiary/aromatic N) is 2. The standard InChI is InChI=1S/C14H25N3O/c1-11-13(5-2-6-15-11)14(18)17-9-8-16-7-3-4-12(16)10-17/h11-13,15H,2-10H2,1H3. The van der Waals surface area contributed by atoms with Crippen LogP contribution < -0.4 is 5.32 Å². The summed E-state index contributed by atoms with van der Waals surface area (Å²) >= 11 is 0. The van der Waals surface area contributed by atoms with Crippen molar-refractivity contribution in [3.8, 4) is 0 Å². The van der Waals surface area contributed by atoms with Crippen LogP contribution in [0.2, 0.25) is 0 Å². The molecule has 3 atom stereocenters. The Morgan fingerprint density at radius 3 is 2.89 bits per heavy atom. The van der Waals surface area contributed by atoms with Crippen LogP contribution >= 0.6 is 0 Å². The molecule has 1 N–H and O–H groups in total. The molecule has 0 radical (unpaired) electrons. The van der Waals surface area contributed by atoms with Gasteiger partial charge in [-0.3, -0.25) is 9.69 Å². The van der Waals surface area contributed by atoms with Gasteiger partial charge in [-0.25, -0.2) is 0 Å². The minimum absolute atomic E-state index is 0.215. The van der Waals surface area contributed by atoms with E-state index in [1.54, 1.807) is 0 Å². The van der Waals surface area contributed by atoms with Gasteiger partial charge in [0.1, 0.15) is 0 Å². The molecule has 0 bridgehead atoms. The maximum atomic E-state index is 12.6. The SMILES string of the molecule is CC1NCCCC1C(=O)N1CCN2CCCC2C1. The van der Waals surface area contributed by atoms with E-state index in [1.807, 2.05) is 0 Å². The van der Waals surface area contributed by atoms with E-state index in [2.05, 4.69) is 22.0 Å². The van der Waals surface area contributed by atoms with Gasteiger partial charge in [0.15, 0.2) is 0 Å². The van der Waals surface area contributed by atoms with E-state index < -0.39 is 0 Å². The number of hydrogen-bond donors (Lipinski definition) is 1. The highest BCUT2D eigenvalue weighted by molar-refractivity contribution is 5.79. The molecule has 3 rings (SSSR count). The first-order valence-corrected chi connectivity index (χ1v) is 7.52. The maximum Gasteiger partial charge on any atom is 0.227 e. The summed E-state index contributed by atoms with van der Waals surface area (Å²) in [5, 5.41) is 3.44. The molecule has 4 heteroatoms. The first-order chi connectivity index (χ1) is 8.75. The van der Waals surface area contributed by atoms with Crippen LogP contribution in [0, 0.1) is 5.92 Å². The zero-order valence-corrected chi connectivity index (χ0v) is 11.4. The molecule has 3 heterocycles. The Balaban J connectivity index is 1.62. The lowest BCUT2D eigenvalue weighted by atomic mass is 9.90. The third-order valence-corrected chi connectivity index (χ3v) is 4.98. The fraction of sp³-hybridized carbons (Fsp3) is 0.929. The Bertz CT molecular complexity index is 320. The summed E-state index contributed by atoms with van der Waals surface area (Å²) < 4.78 is 0. The van der Waals surface area contributed by atoms with Crippen molar-refractivity contribution in [3.05, 3.63) is 0 Å². The van der Waals surface area contributed by atoms with E-state index in [1.165, 1.54) is 19.4 Å². The predicted octanol–water partition coefficient (Wildman–Crippen LogP) is 0.681. The Morgan fingerprint density at radius 1 is 1.17 bits per heavy atom. The molecule has 3 unspecified atom stereocenters. The number of nitrogens with one attached hydrogen (secondary N) is 1. The highest BCUT2D eigenvalue weighted by atomic mass is 16.2. The van der Waals surface area contributed by atoms with Crippen LogP contribution in [0.1, 0.15) is 32.6 Å². The van der Waals surface area contributed by atoms with Crippen LogP contribution in [0.15, 0.2) is 0 Å². The van der Waals surface area contributed by atoms with Gasteiger partial charge in [0, 0.05) is 31.7 Å². The molecular formula is C14H25N3O. The highest BCUT2D eigenvalue weighted by Gasteiger charge is 2.36. The molecule has 0 aromatic rings. The number of carbonyl (C=O) groups excluding carboxylic acids is 1. The Labute approximate surface area is 110 Å². The van der Waals surface area contributed by atoms with E-state index in [0.29, 0.717) is 18.0 Å². The monoisotopic (exact) mass is 251 g/mol. The van der Waals surface area contributed by atoms with Crippen molar-refractivity contribution in [2.45, 2.75) is 44.7 Å². The predicted molar refractivity (Wildman–Crippen MR) is 71.4 cm³/mol. The summed E-state index contributed by atoms with van der Waals surface area (Å²) in [4.78, 5) is 17.3. The molecule has 3 aliphatic rings. The van der Waals surface area contributed by atoms with Crippen molar-refractivity contribution in [2.75, 3.05) is 32.7 Å². The maximum absolute atomic E-state index is 12.6. The summed E-state index contributed by atoms with van der Waals surface area (Å²) in [6.45, 7) is 7.48. The van der Waals surface area contributed by atoms with E-state index in [4.69, 9.17) is 0 Å². The van der Waals surface area contributed by atoms with Gasteiger partial charge in [0.2, 0.25) is 5.91 Å². The zero-order valence-electron chi connectivity index (χ0n) is 11.4. The van der Waals surface area contributed by atoms with Gasteiger partial charge in [-0.15, -0.1) is 0 Å². The number of amides is 1. The molecule has 3 fully saturated rings. The van der Waals surface area contributed by atoms with Crippen LogP contribution in [0.5, 0.6) is 0 Å². The first-order valence-electron chi connectivity index (χ1n) is 7.52. The molecule has 0 aromatic heterocycles. The fourth-order valence-corrected chi connectivity index (χ4v) is 3.81. The number of fused-ring (bicyclic) bond motifs is 1. The van der Waals surface area contributed by atoms with Gasteiger partial charge >= 0.3 is 0 Å². The van der Waals surface area contributed by atoms with Gasteiger partial charge in [0.25, 0.3) is 0 Å². The minimum Gasteiger partial charge on any atom is -0.340 e. The van der Waals surface area contributed by atoms with Crippen molar-refractivity contribution >= 4 is 5.91 Å². The number of rotatable bonds is 1. The second-order valence-corrected chi connectivity index (χ2v) is 6.11. The van der Waals surface area contributed by atoms with Crippen molar-refractivity contribution < 1.29 is 4.79 Å². The highest BCUT2D eigenvalue weighted by Crippen LogP contribution is 2.25. The molecule has 102 valence electrons. The molecule has 0 aromatic carbocycles. The summed E-state index contributed by atoms with van der Waals surface area (Å²) in [5.74, 6) is 0.618. The van der Waals surface area contributed by atoms with E-state index >= 15 is 0 Å². The summed E-state index contributed by atoms with van der Waals surface area (Å²) in [5.41, 5.74) is 0. The minimum atomic E-state index is 0.215. The molecule has 0 spiro atoms. The van der Waals surface area contributed by atoms with Crippen molar-refractivity contribution in [1.82, 2.24) is 15.1 Å². The summed E-state index contributed by atoms with van der Waals surface area (Å²) in [7, 11) is 0. The smallest absolute Gasteiger partial charge is 0.227 e. The summed E-state index contributed by atoms with van der Waals surface area (Å²) in [6, 6.07) is 1.00. The molecule has 0 saturated carbocycles. The van der Waals surface area contributed by atoms with Crippen LogP contribution in [-0.2, 0) is 4.79 Å². The Hall–Kier alpha value is -0.610. The van der Waals surface area contributed by atoms with E-state index in [9.17, 15) is 4.79 Å². The Morgan fingerprint density at radius 2 is 2.06 bits per heavy atom. The fourth-order valence-electron chi connectivity index (χ4n) is 3.81. The van der Waals surface area contributed by atoms with Gasteiger partial charge in [-0.1, -0.05) is 0 Å². The first kappa shape index (κ1) is 12.4. The quantitative estimate of drug-likeness (QED) is 0.744. The number of piperazine rings is 1. The molecule has 4 nitrogen and oxygen atoms in total. The second kappa shape index (κ2) is 5.17. The molecule has 1 amide bonds.